The molecule has 6 N–H and O–H groups in total. The average molecular weight is 707 g/mol. The third kappa shape index (κ3) is 11.2. The Morgan fingerprint density at radius 2 is 1.32 bits per heavy atom. The molecule has 4 aromatic rings. The minimum absolute atomic E-state index is 0.0708. The van der Waals surface area contributed by atoms with Crippen LogP contribution in [-0.4, -0.2) is 99.8 Å². The zero-order valence-corrected chi connectivity index (χ0v) is 28.9. The molecule has 50 heavy (non-hydrogen) atoms. The van der Waals surface area contributed by atoms with E-state index in [2.05, 4.69) is 79.3 Å². The Morgan fingerprint density at radius 1 is 0.800 bits per heavy atom. The molecule has 3 atom stereocenters. The van der Waals surface area contributed by atoms with Gasteiger partial charge >= 0.3 is 11.9 Å². The van der Waals surface area contributed by atoms with Gasteiger partial charge < -0.3 is 45.2 Å². The van der Waals surface area contributed by atoms with Gasteiger partial charge in [-0.1, -0.05) is 55.1 Å². The first-order valence-electron chi connectivity index (χ1n) is 15.5. The van der Waals surface area contributed by atoms with Crippen LogP contribution in [0.15, 0.2) is 101 Å². The van der Waals surface area contributed by atoms with Crippen LogP contribution in [0.25, 0.3) is 0 Å². The molecule has 0 saturated carbocycles. The predicted octanol–water partition coefficient (Wildman–Crippen LogP) is 4.90. The Kier molecular flexibility index (Phi) is 14.7. The van der Waals surface area contributed by atoms with Crippen molar-refractivity contribution < 1.29 is 49.8 Å². The van der Waals surface area contributed by atoms with Crippen LogP contribution in [0.1, 0.15) is 22.8 Å². The van der Waals surface area contributed by atoms with Crippen LogP contribution < -0.4 is 9.64 Å². The van der Waals surface area contributed by atoms with Crippen molar-refractivity contribution >= 4 is 40.9 Å². The summed E-state index contributed by atoms with van der Waals surface area (Å²) in [7, 11) is 5.86. The van der Waals surface area contributed by atoms with Crippen LogP contribution in [0.5, 0.6) is 17.2 Å². The SMILES string of the molecule is CC(CN(C)C)CN1c2ccccc2Sc2ccccc21.COc1ccc(CC(=O)c2ccc(O)cc2O)cc1.O=C(O)C(O)C(O)C(=O)O. The number of ketones is 1. The van der Waals surface area contributed by atoms with E-state index in [4.69, 9.17) is 25.2 Å². The van der Waals surface area contributed by atoms with E-state index < -0.39 is 24.1 Å². The number of anilines is 2. The average Bonchev–Trinajstić information content (AvgIpc) is 3.08. The number of hydrogen-bond donors (Lipinski definition) is 6. The van der Waals surface area contributed by atoms with Crippen molar-refractivity contribution in [1.29, 1.82) is 0 Å². The van der Waals surface area contributed by atoms with E-state index >= 15 is 0 Å². The number of carbonyl (C=O) groups is 3. The third-order valence-electron chi connectivity index (χ3n) is 7.31. The summed E-state index contributed by atoms with van der Waals surface area (Å²) >= 11 is 1.88. The number of methoxy groups -OCH3 is 1. The fraction of sp³-hybridized carbons (Fsp3) is 0.270. The first-order chi connectivity index (χ1) is 23.7. The number of benzene rings is 4. The van der Waals surface area contributed by atoms with Gasteiger partial charge in [-0.05, 0) is 74.1 Å². The number of aliphatic hydroxyl groups is 2. The summed E-state index contributed by atoms with van der Waals surface area (Å²) < 4.78 is 5.04. The summed E-state index contributed by atoms with van der Waals surface area (Å²) in [6.45, 7) is 4.48. The number of carboxylic acids is 2. The minimum atomic E-state index is -2.27. The molecule has 266 valence electrons. The fourth-order valence-electron chi connectivity index (χ4n) is 5.02. The van der Waals surface area contributed by atoms with Gasteiger partial charge in [0.05, 0.1) is 24.0 Å². The molecule has 5 rings (SSSR count). The monoisotopic (exact) mass is 706 g/mol. The molecule has 4 aromatic carbocycles. The topological polar surface area (TPSA) is 188 Å². The van der Waals surface area contributed by atoms with Crippen molar-refractivity contribution in [2.45, 2.75) is 35.3 Å². The van der Waals surface area contributed by atoms with Gasteiger partial charge in [-0.15, -0.1) is 0 Å². The Bertz CT molecular complexity index is 1690. The summed E-state index contributed by atoms with van der Waals surface area (Å²) in [6.07, 6.45) is -4.35. The van der Waals surface area contributed by atoms with Crippen LogP contribution in [0.2, 0.25) is 0 Å². The molecular weight excluding hydrogens is 664 g/mol. The Labute approximate surface area is 294 Å². The molecule has 0 spiro atoms. The largest absolute Gasteiger partial charge is 0.508 e. The lowest BCUT2D eigenvalue weighted by atomic mass is 10.0. The van der Waals surface area contributed by atoms with Crippen molar-refractivity contribution in [3.8, 4) is 17.2 Å². The summed E-state index contributed by atoms with van der Waals surface area (Å²) in [5.74, 6) is -2.68. The fourth-order valence-corrected chi connectivity index (χ4v) is 6.12. The molecule has 0 amide bonds. The second kappa shape index (κ2) is 18.6. The molecule has 12 nitrogen and oxygen atoms in total. The Balaban J connectivity index is 0.000000216. The Morgan fingerprint density at radius 3 is 1.78 bits per heavy atom. The number of fused-ring (bicyclic) bond motifs is 2. The van der Waals surface area contributed by atoms with Crippen LogP contribution in [0, 0.1) is 5.92 Å². The lowest BCUT2D eigenvalue weighted by Gasteiger charge is -2.35. The molecule has 0 aliphatic carbocycles. The summed E-state index contributed by atoms with van der Waals surface area (Å²) in [6, 6.07) is 28.5. The maximum atomic E-state index is 12.0. The molecule has 1 heterocycles. The van der Waals surface area contributed by atoms with Gasteiger partial charge in [-0.25, -0.2) is 9.59 Å². The normalized spacial score (nSPS) is 13.2. The van der Waals surface area contributed by atoms with E-state index in [9.17, 15) is 24.6 Å². The quantitative estimate of drug-likeness (QED) is 0.116. The van der Waals surface area contributed by atoms with E-state index in [1.807, 2.05) is 11.8 Å². The smallest absolute Gasteiger partial charge is 0.335 e. The van der Waals surface area contributed by atoms with E-state index in [-0.39, 0.29) is 29.3 Å². The van der Waals surface area contributed by atoms with Gasteiger partial charge in [0.1, 0.15) is 17.2 Å². The number of ether oxygens (including phenoxy) is 1. The zero-order valence-electron chi connectivity index (χ0n) is 28.1. The lowest BCUT2D eigenvalue weighted by Crippen LogP contribution is -2.39. The summed E-state index contributed by atoms with van der Waals surface area (Å²) in [4.78, 5) is 39.0. The van der Waals surface area contributed by atoms with E-state index in [1.54, 1.807) is 31.4 Å². The minimum Gasteiger partial charge on any atom is -0.508 e. The van der Waals surface area contributed by atoms with Crippen LogP contribution in [-0.2, 0) is 16.0 Å². The van der Waals surface area contributed by atoms with Gasteiger partial charge in [0.2, 0.25) is 0 Å². The molecule has 1 aliphatic rings. The number of carbonyl (C=O) groups excluding carboxylic acids is 1. The highest BCUT2D eigenvalue weighted by atomic mass is 32.2. The van der Waals surface area contributed by atoms with Crippen molar-refractivity contribution in [2.75, 3.05) is 39.2 Å². The number of aromatic hydroxyl groups is 2. The Hall–Kier alpha value is -5.08. The third-order valence-corrected chi connectivity index (χ3v) is 8.44. The van der Waals surface area contributed by atoms with Gasteiger partial charge in [0.15, 0.2) is 18.0 Å². The van der Waals surface area contributed by atoms with E-state index in [1.165, 1.54) is 33.3 Å². The molecule has 0 aromatic heterocycles. The van der Waals surface area contributed by atoms with Crippen molar-refractivity contribution in [1.82, 2.24) is 4.90 Å². The van der Waals surface area contributed by atoms with Crippen LogP contribution >= 0.6 is 11.8 Å². The maximum absolute atomic E-state index is 12.0. The second-order valence-corrected chi connectivity index (χ2v) is 12.8. The van der Waals surface area contributed by atoms with Crippen LogP contribution in [0.4, 0.5) is 11.4 Å². The molecule has 1 aliphatic heterocycles. The molecule has 0 radical (unpaired) electrons. The van der Waals surface area contributed by atoms with Gasteiger partial charge in [0, 0.05) is 35.4 Å². The van der Waals surface area contributed by atoms with E-state index in [0.29, 0.717) is 5.92 Å². The number of aliphatic carboxylic acids is 2. The number of hydrogen-bond acceptors (Lipinski definition) is 11. The highest BCUT2D eigenvalue weighted by Gasteiger charge is 2.29. The van der Waals surface area contributed by atoms with Gasteiger partial charge in [0.25, 0.3) is 0 Å². The van der Waals surface area contributed by atoms with Gasteiger partial charge in [-0.2, -0.15) is 0 Å². The van der Waals surface area contributed by atoms with Crippen molar-refractivity contribution in [3.05, 3.63) is 102 Å². The highest BCUT2D eigenvalue weighted by Crippen LogP contribution is 2.48. The predicted molar refractivity (Wildman–Crippen MR) is 190 cm³/mol. The molecule has 0 bridgehead atoms. The molecule has 0 fully saturated rings. The molecular formula is C37H42N2O10S. The molecule has 0 saturated heterocycles. The van der Waals surface area contributed by atoms with Crippen LogP contribution in [0.3, 0.4) is 0 Å². The summed E-state index contributed by atoms with van der Waals surface area (Å²) in [5, 5.41) is 51.3. The number of phenols is 2. The lowest BCUT2D eigenvalue weighted by molar-refractivity contribution is -0.165. The zero-order chi connectivity index (χ0) is 37.0. The molecule has 3 unspecified atom stereocenters. The number of carboxylic acid groups (broad SMARTS) is 2. The first kappa shape index (κ1) is 39.4. The summed E-state index contributed by atoms with van der Waals surface area (Å²) in [5.41, 5.74) is 3.71. The second-order valence-electron chi connectivity index (χ2n) is 11.7. The molecule has 13 heteroatoms. The van der Waals surface area contributed by atoms with E-state index in [0.717, 1.165) is 30.5 Å². The number of phenolic OH excluding ortho intramolecular Hbond substituents is 2. The number of rotatable bonds is 11. The van der Waals surface area contributed by atoms with Crippen molar-refractivity contribution in [2.24, 2.45) is 5.92 Å². The number of para-hydroxylation sites is 2. The first-order valence-corrected chi connectivity index (χ1v) is 16.3. The standard InChI is InChI=1S/C18H22N2S.C15H14O4.C4H6O6/c1-14(12-19(2)3)13-20-15-8-4-6-10-17(15)21-18-11-7-5-9-16(18)20;1-19-12-5-2-10(3-6-12)8-14(17)13-7-4-11(16)9-15(13)18;5-1(3(7)8)2(6)4(9)10/h4-11,14H,12-13H2,1-3H3;2-7,9,16,18H,8H2,1H3;1-2,5-6H,(H,7,8)(H,9,10). The van der Waals surface area contributed by atoms with Gasteiger partial charge in [-0.3, -0.25) is 4.79 Å². The highest BCUT2D eigenvalue weighted by molar-refractivity contribution is 7.99. The number of Topliss-reactive ketones (excluding diaryl/α,β-unsaturated/α-hetero) is 1. The van der Waals surface area contributed by atoms with Crippen molar-refractivity contribution in [3.63, 3.8) is 0 Å². The maximum Gasteiger partial charge on any atom is 0.335 e. The number of nitrogens with zero attached hydrogens (tertiary/aromatic N) is 2. The number of aliphatic hydroxyl groups excluding tert-OH is 2.